The number of alkyl halides is 3. The van der Waals surface area contributed by atoms with Crippen LogP contribution in [-0.2, 0) is 27.5 Å². The van der Waals surface area contributed by atoms with Gasteiger partial charge in [0.25, 0.3) is 0 Å². The highest BCUT2D eigenvalue weighted by molar-refractivity contribution is 7.89. The molecule has 0 radical (unpaired) electrons. The molecule has 27 heavy (non-hydrogen) atoms. The minimum atomic E-state index is -4.67. The van der Waals surface area contributed by atoms with Crippen LogP contribution in [-0.4, -0.2) is 20.4 Å². The summed E-state index contributed by atoms with van der Waals surface area (Å²) in [6.45, 7) is 3.53. The molecule has 2 rings (SSSR count). The van der Waals surface area contributed by atoms with E-state index in [0.29, 0.717) is 6.07 Å². The Morgan fingerprint density at radius 2 is 1.89 bits per heavy atom. The van der Waals surface area contributed by atoms with Crippen molar-refractivity contribution in [3.05, 3.63) is 52.2 Å². The zero-order valence-corrected chi connectivity index (χ0v) is 16.2. The van der Waals surface area contributed by atoms with E-state index in [0.717, 1.165) is 23.1 Å². The Balaban J connectivity index is 2.18. The Labute approximate surface area is 159 Å². The number of amides is 1. The van der Waals surface area contributed by atoms with Crippen molar-refractivity contribution in [2.45, 2.75) is 37.5 Å². The van der Waals surface area contributed by atoms with E-state index in [9.17, 15) is 26.4 Å². The molecule has 0 spiro atoms. The summed E-state index contributed by atoms with van der Waals surface area (Å²) in [5.41, 5.74) is -1.08. The fourth-order valence-electron chi connectivity index (χ4n) is 2.26. The molecule has 1 atom stereocenters. The largest absolute Gasteiger partial charge is 0.416 e. The lowest BCUT2D eigenvalue weighted by Crippen LogP contribution is -2.49. The van der Waals surface area contributed by atoms with Crippen LogP contribution in [0.1, 0.15) is 24.3 Å². The van der Waals surface area contributed by atoms with E-state index in [1.165, 1.54) is 11.3 Å². The maximum Gasteiger partial charge on any atom is 0.416 e. The van der Waals surface area contributed by atoms with Gasteiger partial charge in [-0.1, -0.05) is 26.0 Å². The van der Waals surface area contributed by atoms with Crippen molar-refractivity contribution in [2.24, 2.45) is 5.92 Å². The van der Waals surface area contributed by atoms with Crippen molar-refractivity contribution in [3.63, 3.8) is 0 Å². The molecule has 10 heteroatoms. The fraction of sp³-hybridized carbons (Fsp3) is 0.353. The topological polar surface area (TPSA) is 75.3 Å². The maximum absolute atomic E-state index is 12.8. The molecule has 0 bridgehead atoms. The van der Waals surface area contributed by atoms with Gasteiger partial charge in [-0.15, -0.1) is 11.3 Å². The Hall–Kier alpha value is -1.91. The highest BCUT2D eigenvalue weighted by atomic mass is 32.2. The first-order valence-electron chi connectivity index (χ1n) is 8.00. The zero-order chi connectivity index (χ0) is 20.2. The summed E-state index contributed by atoms with van der Waals surface area (Å²) in [5, 5.41) is 4.49. The molecule has 2 aromatic rings. The number of sulfonamides is 1. The average molecular weight is 420 g/mol. The van der Waals surface area contributed by atoms with Crippen LogP contribution < -0.4 is 10.0 Å². The van der Waals surface area contributed by atoms with Crippen molar-refractivity contribution >= 4 is 27.3 Å². The van der Waals surface area contributed by atoms with Crippen molar-refractivity contribution in [1.82, 2.24) is 10.0 Å². The first kappa shape index (κ1) is 21.4. The maximum atomic E-state index is 12.8. The smallest absolute Gasteiger partial charge is 0.350 e. The van der Waals surface area contributed by atoms with E-state index in [4.69, 9.17) is 0 Å². The van der Waals surface area contributed by atoms with Gasteiger partial charge >= 0.3 is 6.18 Å². The number of hydrogen-bond acceptors (Lipinski definition) is 4. The standard InChI is InChI=1S/C17H19F3N2O3S2/c1-11(2)15(16(23)21-10-13-6-4-8-26-13)22-27(24,25)14-7-3-5-12(9-14)17(18,19)20/h3-9,11,15,22H,10H2,1-2H3,(H,21,23)/t15-/m1/s1. The average Bonchev–Trinajstić information content (AvgIpc) is 3.10. The Kier molecular flexibility index (Phi) is 6.66. The number of rotatable bonds is 7. The number of hydrogen-bond donors (Lipinski definition) is 2. The molecule has 148 valence electrons. The molecule has 0 aliphatic heterocycles. The minimum Gasteiger partial charge on any atom is -0.350 e. The van der Waals surface area contributed by atoms with Crippen LogP contribution in [0, 0.1) is 5.92 Å². The highest BCUT2D eigenvalue weighted by Gasteiger charge is 2.33. The van der Waals surface area contributed by atoms with Crippen LogP contribution in [0.25, 0.3) is 0 Å². The highest BCUT2D eigenvalue weighted by Crippen LogP contribution is 2.30. The molecule has 0 aliphatic rings. The lowest BCUT2D eigenvalue weighted by atomic mass is 10.1. The number of nitrogens with one attached hydrogen (secondary N) is 2. The molecule has 1 amide bonds. The summed E-state index contributed by atoms with van der Waals surface area (Å²) < 4.78 is 65.7. The van der Waals surface area contributed by atoms with E-state index in [1.807, 2.05) is 17.5 Å². The molecule has 2 N–H and O–H groups in total. The molecule has 1 heterocycles. The number of halogens is 3. The van der Waals surface area contributed by atoms with Gasteiger partial charge in [0.2, 0.25) is 15.9 Å². The third-order valence-corrected chi connectivity index (χ3v) is 6.04. The minimum absolute atomic E-state index is 0.241. The van der Waals surface area contributed by atoms with E-state index >= 15 is 0 Å². The first-order valence-corrected chi connectivity index (χ1v) is 10.4. The number of thiophene rings is 1. The summed E-state index contributed by atoms with van der Waals surface area (Å²) in [6, 6.07) is 5.92. The second kappa shape index (κ2) is 8.41. The summed E-state index contributed by atoms with van der Waals surface area (Å²) >= 11 is 1.44. The van der Waals surface area contributed by atoms with Gasteiger partial charge in [-0.2, -0.15) is 17.9 Å². The van der Waals surface area contributed by atoms with Gasteiger partial charge in [0, 0.05) is 4.88 Å². The number of carbonyl (C=O) groups excluding carboxylic acids is 1. The lowest BCUT2D eigenvalue weighted by molar-refractivity contribution is -0.137. The van der Waals surface area contributed by atoms with Gasteiger partial charge in [0.05, 0.1) is 17.0 Å². The molecular weight excluding hydrogens is 401 g/mol. The molecular formula is C17H19F3N2O3S2. The van der Waals surface area contributed by atoms with Crippen LogP contribution >= 0.6 is 11.3 Å². The SMILES string of the molecule is CC(C)[C@@H](NS(=O)(=O)c1cccc(C(F)(F)F)c1)C(=O)NCc1cccs1. The number of carbonyl (C=O) groups is 1. The summed E-state index contributed by atoms with van der Waals surface area (Å²) in [6.07, 6.45) is -4.67. The molecule has 0 fully saturated rings. The lowest BCUT2D eigenvalue weighted by Gasteiger charge is -2.21. The second-order valence-electron chi connectivity index (χ2n) is 6.17. The Morgan fingerprint density at radius 1 is 1.19 bits per heavy atom. The van der Waals surface area contributed by atoms with Gasteiger partial charge in [-0.25, -0.2) is 8.42 Å². The molecule has 0 saturated heterocycles. The molecule has 5 nitrogen and oxygen atoms in total. The van der Waals surface area contributed by atoms with Gasteiger partial charge in [-0.05, 0) is 35.6 Å². The van der Waals surface area contributed by atoms with Gasteiger partial charge in [0.15, 0.2) is 0 Å². The van der Waals surface area contributed by atoms with Crippen molar-refractivity contribution in [1.29, 1.82) is 0 Å². The summed E-state index contributed by atoms with van der Waals surface area (Å²) in [5.74, 6) is -0.956. The third-order valence-electron chi connectivity index (χ3n) is 3.72. The monoisotopic (exact) mass is 420 g/mol. The van der Waals surface area contributed by atoms with Crippen LogP contribution in [0.15, 0.2) is 46.7 Å². The summed E-state index contributed by atoms with van der Waals surface area (Å²) in [4.78, 5) is 12.7. The fourth-order valence-corrected chi connectivity index (χ4v) is 4.30. The second-order valence-corrected chi connectivity index (χ2v) is 8.91. The first-order chi connectivity index (χ1) is 12.5. The van der Waals surface area contributed by atoms with Gasteiger partial charge in [0.1, 0.15) is 6.04 Å². The van der Waals surface area contributed by atoms with Crippen LogP contribution in [0.5, 0.6) is 0 Å². The normalized spacial score (nSPS) is 13.6. The van der Waals surface area contributed by atoms with Gasteiger partial charge < -0.3 is 5.32 Å². The quantitative estimate of drug-likeness (QED) is 0.721. The molecule has 0 unspecified atom stereocenters. The Bertz CT molecular complexity index is 879. The zero-order valence-electron chi connectivity index (χ0n) is 14.6. The molecule has 1 aromatic carbocycles. The molecule has 0 aliphatic carbocycles. The predicted molar refractivity (Wildman–Crippen MR) is 96.6 cm³/mol. The van der Waals surface area contributed by atoms with E-state index < -0.39 is 44.5 Å². The van der Waals surface area contributed by atoms with E-state index in [2.05, 4.69) is 10.0 Å². The van der Waals surface area contributed by atoms with Crippen molar-refractivity contribution in [3.8, 4) is 0 Å². The van der Waals surface area contributed by atoms with Crippen LogP contribution in [0.3, 0.4) is 0 Å². The summed E-state index contributed by atoms with van der Waals surface area (Å²) in [7, 11) is -4.31. The van der Waals surface area contributed by atoms with E-state index in [-0.39, 0.29) is 6.54 Å². The predicted octanol–water partition coefficient (Wildman–Crippen LogP) is 3.39. The Morgan fingerprint density at radius 3 is 2.44 bits per heavy atom. The third kappa shape index (κ3) is 5.78. The van der Waals surface area contributed by atoms with Crippen LogP contribution in [0.4, 0.5) is 13.2 Å². The van der Waals surface area contributed by atoms with Gasteiger partial charge in [-0.3, -0.25) is 4.79 Å². The van der Waals surface area contributed by atoms with Crippen molar-refractivity contribution < 1.29 is 26.4 Å². The molecule has 1 aromatic heterocycles. The van der Waals surface area contributed by atoms with Crippen LogP contribution in [0.2, 0.25) is 0 Å². The van der Waals surface area contributed by atoms with E-state index in [1.54, 1.807) is 13.8 Å². The van der Waals surface area contributed by atoms with Crippen molar-refractivity contribution in [2.75, 3.05) is 0 Å². The number of benzene rings is 1. The molecule has 0 saturated carbocycles.